The number of aliphatic carboxylic acids is 1. The average Bonchev–Trinajstić information content (AvgIpc) is 2.62. The number of ether oxygens (including phenoxy) is 1. The van der Waals surface area contributed by atoms with Crippen LogP contribution < -0.4 is 14.3 Å². The Kier molecular flexibility index (Phi) is 3.99. The van der Waals surface area contributed by atoms with Gasteiger partial charge in [-0.25, -0.2) is 9.18 Å². The van der Waals surface area contributed by atoms with Crippen molar-refractivity contribution < 1.29 is 23.8 Å². The number of hydroxylamine groups is 2. The molecule has 2 atom stereocenters. The van der Waals surface area contributed by atoms with E-state index in [0.29, 0.717) is 13.1 Å². The summed E-state index contributed by atoms with van der Waals surface area (Å²) in [7, 11) is 1.97. The molecule has 1 N–H and O–H groups in total. The van der Waals surface area contributed by atoms with Gasteiger partial charge in [0.15, 0.2) is 17.1 Å². The summed E-state index contributed by atoms with van der Waals surface area (Å²) in [5.74, 6) is -3.00. The Morgan fingerprint density at radius 2 is 2.04 bits per heavy atom. The summed E-state index contributed by atoms with van der Waals surface area (Å²) in [6, 6.07) is 0.321. The lowest BCUT2D eigenvalue weighted by molar-refractivity contribution is -0.132. The third kappa shape index (κ3) is 2.53. The molecule has 3 aliphatic rings. The van der Waals surface area contributed by atoms with Crippen LogP contribution in [0.3, 0.4) is 0 Å². The maximum Gasteiger partial charge on any atom is 0.345 e. The van der Waals surface area contributed by atoms with Crippen LogP contribution in [0.4, 0.5) is 15.8 Å². The Morgan fingerprint density at radius 1 is 1.37 bits per heavy atom. The number of hydrogen-bond donors (Lipinski definition) is 1. The molecule has 1 aromatic carbocycles. The van der Waals surface area contributed by atoms with Crippen LogP contribution in [0, 0.1) is 11.0 Å². The molecule has 0 amide bonds. The van der Waals surface area contributed by atoms with E-state index in [-0.39, 0.29) is 29.3 Å². The first-order chi connectivity index (χ1) is 12.7. The first-order valence-electron chi connectivity index (χ1n) is 8.77. The summed E-state index contributed by atoms with van der Waals surface area (Å²) in [5, 5.41) is 22.9. The van der Waals surface area contributed by atoms with Crippen molar-refractivity contribution in [3.63, 3.8) is 0 Å². The fourth-order valence-corrected chi connectivity index (χ4v) is 3.86. The lowest BCUT2D eigenvalue weighted by Crippen LogP contribution is -2.55. The fourth-order valence-electron chi connectivity index (χ4n) is 3.86. The molecule has 8 nitrogen and oxygen atoms in total. The van der Waals surface area contributed by atoms with Gasteiger partial charge in [0.25, 0.3) is 0 Å². The molecular weight excluding hydrogens is 357 g/mol. The minimum Gasteiger partial charge on any atom is -0.622 e. The van der Waals surface area contributed by atoms with Gasteiger partial charge in [-0.3, -0.25) is 9.44 Å². The first-order valence-corrected chi connectivity index (χ1v) is 8.77. The number of carboxylic acid groups (broad SMARTS) is 1. The molecule has 144 valence electrons. The second-order valence-electron chi connectivity index (χ2n) is 7.27. The second kappa shape index (κ2) is 6.01. The van der Waals surface area contributed by atoms with Crippen molar-refractivity contribution in [1.29, 1.82) is 0 Å². The molecule has 0 saturated carbocycles. The first kappa shape index (κ1) is 17.9. The van der Waals surface area contributed by atoms with Crippen LogP contribution in [-0.4, -0.2) is 67.6 Å². The van der Waals surface area contributed by atoms with E-state index in [1.165, 1.54) is 0 Å². The number of anilines is 1. The lowest BCUT2D eigenvalue weighted by Gasteiger charge is -2.50. The molecule has 9 heteroatoms. The molecule has 0 aliphatic carbocycles. The predicted molar refractivity (Wildman–Crippen MR) is 96.3 cm³/mol. The summed E-state index contributed by atoms with van der Waals surface area (Å²) < 4.78 is 19.6. The number of halogens is 1. The van der Waals surface area contributed by atoms with Gasteiger partial charge >= 0.3 is 5.97 Å². The summed E-state index contributed by atoms with van der Waals surface area (Å²) in [6.07, 6.45) is 0.912. The number of carbonyl (C=O) groups is 2. The quantitative estimate of drug-likeness (QED) is 0.472. The molecular formula is C18H20FN3O5. The van der Waals surface area contributed by atoms with E-state index in [4.69, 9.17) is 4.74 Å². The van der Waals surface area contributed by atoms with E-state index >= 15 is 4.39 Å². The highest BCUT2D eigenvalue weighted by molar-refractivity contribution is 6.27. The number of hydrogen-bond acceptors (Lipinski definition) is 6. The van der Waals surface area contributed by atoms with Gasteiger partial charge in [-0.1, -0.05) is 0 Å². The largest absolute Gasteiger partial charge is 0.622 e. The maximum atomic E-state index is 15.0. The van der Waals surface area contributed by atoms with E-state index in [2.05, 4.69) is 4.90 Å². The summed E-state index contributed by atoms with van der Waals surface area (Å²) in [6.45, 7) is 4.18. The van der Waals surface area contributed by atoms with Gasteiger partial charge in [0, 0.05) is 26.2 Å². The number of likely N-dealkylation sites (N-methyl/N-ethyl adjacent to an activating group) is 1. The summed E-state index contributed by atoms with van der Waals surface area (Å²) in [4.78, 5) is 28.0. The van der Waals surface area contributed by atoms with Crippen LogP contribution in [0.5, 0.6) is 5.75 Å². The van der Waals surface area contributed by atoms with Crippen molar-refractivity contribution in [3.8, 4) is 5.75 Å². The summed E-state index contributed by atoms with van der Waals surface area (Å²) in [5.41, 5.74) is -0.697. The highest BCUT2D eigenvalue weighted by Crippen LogP contribution is 2.51. The van der Waals surface area contributed by atoms with Crippen LogP contribution in [0.1, 0.15) is 17.3 Å². The molecule has 1 aromatic rings. The Bertz CT molecular complexity index is 878. The third-order valence-electron chi connectivity index (χ3n) is 5.52. The van der Waals surface area contributed by atoms with Gasteiger partial charge < -0.3 is 24.9 Å². The SMILES string of the molecule is C[C@H]1COc2c(N3CCN(C)CC3)c(F)cc3c2[N+]1([O-])C=C(C(=O)O)C3=O. The van der Waals surface area contributed by atoms with Gasteiger partial charge in [0.1, 0.15) is 24.5 Å². The number of benzene rings is 1. The predicted octanol–water partition coefficient (Wildman–Crippen LogP) is 1.33. The van der Waals surface area contributed by atoms with E-state index in [0.717, 1.165) is 25.4 Å². The number of rotatable bonds is 2. The van der Waals surface area contributed by atoms with Crippen LogP contribution in [0.2, 0.25) is 0 Å². The van der Waals surface area contributed by atoms with Crippen molar-refractivity contribution in [1.82, 2.24) is 9.55 Å². The van der Waals surface area contributed by atoms with Crippen molar-refractivity contribution in [2.45, 2.75) is 13.0 Å². The van der Waals surface area contributed by atoms with Crippen molar-refractivity contribution in [2.24, 2.45) is 0 Å². The number of nitrogens with zero attached hydrogens (tertiary/aromatic N) is 3. The van der Waals surface area contributed by atoms with Gasteiger partial charge in [0.05, 0.1) is 5.56 Å². The van der Waals surface area contributed by atoms with Crippen LogP contribution in [0.15, 0.2) is 17.8 Å². The maximum absolute atomic E-state index is 15.0. The number of quaternary nitrogens is 1. The highest BCUT2D eigenvalue weighted by atomic mass is 19.1. The Labute approximate surface area is 155 Å². The lowest BCUT2D eigenvalue weighted by atomic mass is 9.93. The minimum absolute atomic E-state index is 0.000854. The zero-order valence-corrected chi connectivity index (χ0v) is 15.1. The molecule has 3 heterocycles. The molecule has 0 radical (unpaired) electrons. The Morgan fingerprint density at radius 3 is 2.67 bits per heavy atom. The number of ketones is 1. The Balaban J connectivity index is 1.93. The average molecular weight is 377 g/mol. The molecule has 0 aromatic heterocycles. The van der Waals surface area contributed by atoms with E-state index < -0.39 is 33.8 Å². The van der Waals surface area contributed by atoms with Crippen LogP contribution in [-0.2, 0) is 4.79 Å². The minimum atomic E-state index is -1.50. The normalized spacial score (nSPS) is 27.7. The fraction of sp³-hybridized carbons (Fsp3) is 0.444. The molecule has 1 fully saturated rings. The molecule has 3 aliphatic heterocycles. The molecule has 1 unspecified atom stereocenters. The topological polar surface area (TPSA) is 93.1 Å². The number of carbonyl (C=O) groups excluding carboxylic acids is 1. The van der Waals surface area contributed by atoms with Crippen molar-refractivity contribution in [3.05, 3.63) is 34.4 Å². The molecule has 1 saturated heterocycles. The van der Waals surface area contributed by atoms with Gasteiger partial charge in [-0.05, 0) is 20.0 Å². The van der Waals surface area contributed by atoms with E-state index in [9.17, 15) is 19.9 Å². The highest BCUT2D eigenvalue weighted by Gasteiger charge is 2.47. The second-order valence-corrected chi connectivity index (χ2v) is 7.27. The van der Waals surface area contributed by atoms with Crippen molar-refractivity contribution in [2.75, 3.05) is 44.7 Å². The third-order valence-corrected chi connectivity index (χ3v) is 5.52. The number of Topliss-reactive ketones (excluding diaryl/α,β-unsaturated/α-hetero) is 1. The standard InChI is InChI=1S/C18H20FN3O5/c1-10-9-27-17-14(21-5-3-20(2)4-6-21)13(19)7-11-15(17)22(10,26)8-12(16(11)23)18(24)25/h7-8,10H,3-6,9H2,1-2H3,(H,24,25)/t10-,22?/m0/s1. The van der Waals surface area contributed by atoms with Crippen molar-refractivity contribution >= 4 is 23.1 Å². The molecule has 4 rings (SSSR count). The number of piperazine rings is 1. The molecule has 0 spiro atoms. The summed E-state index contributed by atoms with van der Waals surface area (Å²) >= 11 is 0. The van der Waals surface area contributed by atoms with Gasteiger partial charge in [-0.15, -0.1) is 0 Å². The van der Waals surface area contributed by atoms with Gasteiger partial charge in [-0.2, -0.15) is 0 Å². The van der Waals surface area contributed by atoms with E-state index in [1.54, 1.807) is 6.92 Å². The zero-order valence-electron chi connectivity index (χ0n) is 15.1. The molecule has 0 bridgehead atoms. The Hall–Kier alpha value is -2.49. The molecule has 27 heavy (non-hydrogen) atoms. The number of carboxylic acids is 1. The van der Waals surface area contributed by atoms with Crippen LogP contribution >= 0.6 is 0 Å². The van der Waals surface area contributed by atoms with E-state index in [1.807, 2.05) is 11.9 Å². The monoisotopic (exact) mass is 377 g/mol. The van der Waals surface area contributed by atoms with Crippen LogP contribution in [0.25, 0.3) is 0 Å². The zero-order chi connectivity index (χ0) is 19.5. The smallest absolute Gasteiger partial charge is 0.345 e. The van der Waals surface area contributed by atoms with Gasteiger partial charge in [0.2, 0.25) is 11.5 Å².